The zero-order valence-electron chi connectivity index (χ0n) is 29.3. The number of aliphatic hydroxyl groups excluding tert-OH is 1. The molecule has 0 aromatic rings. The van der Waals surface area contributed by atoms with Gasteiger partial charge in [-0.2, -0.15) is 0 Å². The molecule has 0 aromatic carbocycles. The minimum absolute atomic E-state index is 0.0694. The number of carbonyl (C=O) groups excluding carboxylic acids is 1. The third-order valence-electron chi connectivity index (χ3n) is 7.70. The maximum Gasteiger partial charge on any atom is 0.472 e. The predicted octanol–water partition coefficient (Wildman–Crippen LogP) is 9.38. The Hall–Kier alpha value is -1.54. The minimum atomic E-state index is -4.34. The Bertz CT molecular complexity index is 861. The third kappa shape index (κ3) is 31.1. The normalized spacial score (nSPS) is 15.0. The van der Waals surface area contributed by atoms with Crippen LogP contribution in [0.15, 0.2) is 48.6 Å². The van der Waals surface area contributed by atoms with Crippen LogP contribution in [0.25, 0.3) is 0 Å². The van der Waals surface area contributed by atoms with Crippen molar-refractivity contribution in [1.29, 1.82) is 0 Å². The predicted molar refractivity (Wildman–Crippen MR) is 194 cm³/mol. The number of phosphoric acid groups is 1. The van der Waals surface area contributed by atoms with Crippen LogP contribution in [0.3, 0.4) is 0 Å². The molecule has 46 heavy (non-hydrogen) atoms. The van der Waals surface area contributed by atoms with Crippen LogP contribution in [0.4, 0.5) is 0 Å². The number of hydrogen-bond acceptors (Lipinski definition) is 6. The molecule has 5 N–H and O–H groups in total. The van der Waals surface area contributed by atoms with Crippen LogP contribution in [0.5, 0.6) is 0 Å². The summed E-state index contributed by atoms with van der Waals surface area (Å²) in [6.45, 7) is 3.84. The van der Waals surface area contributed by atoms with E-state index in [0.29, 0.717) is 6.42 Å². The van der Waals surface area contributed by atoms with E-state index in [9.17, 15) is 19.4 Å². The van der Waals surface area contributed by atoms with Gasteiger partial charge >= 0.3 is 7.82 Å². The monoisotopic (exact) mass is 668 g/mol. The standard InChI is InChI=1S/C37H69N2O6P/c1-3-5-7-9-11-13-14-15-16-17-18-19-20-21-23-25-27-29-31-37(41)39-35(34-45-46(42,43)44-33-32-38)36(40)30-28-26-24-22-12-10-8-6-4-2/h4,6,12,16-17,22,28,30,35-36,40H,3,5,7-11,13-15,18-21,23-27,29,31-34,38H2,1-2H3,(H,39,41)(H,42,43)/b6-4+,17-16-,22-12+,30-28+. The first-order chi connectivity index (χ1) is 22.4. The number of rotatable bonds is 33. The number of phosphoric ester groups is 1. The highest BCUT2D eigenvalue weighted by Crippen LogP contribution is 2.43. The maximum absolute atomic E-state index is 12.6. The average molecular weight is 669 g/mol. The Morgan fingerprint density at radius 1 is 0.739 bits per heavy atom. The largest absolute Gasteiger partial charge is 0.472 e. The molecule has 9 heteroatoms. The van der Waals surface area contributed by atoms with Gasteiger partial charge in [0.1, 0.15) is 0 Å². The molecule has 3 unspecified atom stereocenters. The second-order valence-electron chi connectivity index (χ2n) is 12.1. The van der Waals surface area contributed by atoms with Crippen molar-refractivity contribution < 1.29 is 28.4 Å². The average Bonchev–Trinajstić information content (AvgIpc) is 3.04. The van der Waals surface area contributed by atoms with Crippen LogP contribution in [0, 0.1) is 0 Å². The van der Waals surface area contributed by atoms with Crippen molar-refractivity contribution in [2.24, 2.45) is 5.73 Å². The van der Waals surface area contributed by atoms with Gasteiger partial charge in [0.15, 0.2) is 0 Å². The molecular weight excluding hydrogens is 599 g/mol. The van der Waals surface area contributed by atoms with E-state index in [2.05, 4.69) is 42.6 Å². The summed E-state index contributed by atoms with van der Waals surface area (Å²) in [6, 6.07) is -0.883. The molecule has 0 spiro atoms. The quantitative estimate of drug-likeness (QED) is 0.0311. The molecule has 0 aliphatic rings. The highest BCUT2D eigenvalue weighted by atomic mass is 31.2. The maximum atomic E-state index is 12.6. The summed E-state index contributed by atoms with van der Waals surface area (Å²) >= 11 is 0. The van der Waals surface area contributed by atoms with Gasteiger partial charge in [-0.05, 0) is 64.7 Å². The summed E-state index contributed by atoms with van der Waals surface area (Å²) < 4.78 is 21.9. The molecule has 0 aromatic heterocycles. The van der Waals surface area contributed by atoms with Crippen molar-refractivity contribution in [3.8, 4) is 0 Å². The smallest absolute Gasteiger partial charge is 0.387 e. The Kier molecular flexibility index (Phi) is 32.2. The summed E-state index contributed by atoms with van der Waals surface area (Å²) in [7, 11) is -4.34. The summed E-state index contributed by atoms with van der Waals surface area (Å²) in [4.78, 5) is 22.5. The Balaban J connectivity index is 4.26. The fourth-order valence-electron chi connectivity index (χ4n) is 4.93. The van der Waals surface area contributed by atoms with Crippen LogP contribution < -0.4 is 11.1 Å². The zero-order valence-corrected chi connectivity index (χ0v) is 30.2. The number of unbranched alkanes of at least 4 members (excludes halogenated alkanes) is 16. The van der Waals surface area contributed by atoms with Crippen molar-refractivity contribution >= 4 is 13.7 Å². The summed E-state index contributed by atoms with van der Waals surface area (Å²) in [5, 5.41) is 13.5. The highest BCUT2D eigenvalue weighted by molar-refractivity contribution is 7.47. The van der Waals surface area contributed by atoms with Crippen LogP contribution in [0.1, 0.15) is 149 Å². The molecule has 0 saturated carbocycles. The van der Waals surface area contributed by atoms with Gasteiger partial charge in [-0.15, -0.1) is 0 Å². The molecule has 0 aliphatic carbocycles. The molecule has 0 rings (SSSR count). The number of nitrogens with two attached hydrogens (primary N) is 1. The molecule has 0 radical (unpaired) electrons. The van der Waals surface area contributed by atoms with E-state index in [0.717, 1.165) is 44.9 Å². The first-order valence-corrected chi connectivity index (χ1v) is 19.7. The lowest BCUT2D eigenvalue weighted by Crippen LogP contribution is -2.45. The van der Waals surface area contributed by atoms with Crippen molar-refractivity contribution in [2.45, 2.75) is 161 Å². The Morgan fingerprint density at radius 2 is 1.24 bits per heavy atom. The van der Waals surface area contributed by atoms with Gasteiger partial charge in [0, 0.05) is 13.0 Å². The van der Waals surface area contributed by atoms with E-state index in [1.54, 1.807) is 6.08 Å². The third-order valence-corrected chi connectivity index (χ3v) is 8.68. The minimum Gasteiger partial charge on any atom is -0.387 e. The lowest BCUT2D eigenvalue weighted by Gasteiger charge is -2.23. The summed E-state index contributed by atoms with van der Waals surface area (Å²) in [5.74, 6) is -0.218. The van der Waals surface area contributed by atoms with Gasteiger partial charge in [-0.25, -0.2) is 4.57 Å². The van der Waals surface area contributed by atoms with E-state index >= 15 is 0 Å². The first-order valence-electron chi connectivity index (χ1n) is 18.2. The van der Waals surface area contributed by atoms with Gasteiger partial charge in [0.25, 0.3) is 0 Å². The molecule has 1 amide bonds. The van der Waals surface area contributed by atoms with Gasteiger partial charge < -0.3 is 21.1 Å². The van der Waals surface area contributed by atoms with Crippen LogP contribution in [-0.4, -0.2) is 47.8 Å². The molecule has 0 fully saturated rings. The number of allylic oxidation sites excluding steroid dienone is 7. The Morgan fingerprint density at radius 3 is 1.80 bits per heavy atom. The second-order valence-corrected chi connectivity index (χ2v) is 13.5. The van der Waals surface area contributed by atoms with Crippen molar-refractivity contribution in [3.63, 3.8) is 0 Å². The van der Waals surface area contributed by atoms with Gasteiger partial charge in [0.05, 0.1) is 25.4 Å². The van der Waals surface area contributed by atoms with Crippen molar-refractivity contribution in [1.82, 2.24) is 5.32 Å². The lowest BCUT2D eigenvalue weighted by atomic mass is 10.1. The van der Waals surface area contributed by atoms with Crippen LogP contribution in [-0.2, 0) is 18.4 Å². The summed E-state index contributed by atoms with van der Waals surface area (Å²) in [6.07, 6.45) is 39.0. The first kappa shape index (κ1) is 44.5. The molecule has 3 atom stereocenters. The van der Waals surface area contributed by atoms with Crippen LogP contribution in [0.2, 0.25) is 0 Å². The fourth-order valence-corrected chi connectivity index (χ4v) is 5.69. The van der Waals surface area contributed by atoms with E-state index in [1.165, 1.54) is 83.5 Å². The number of hydrogen-bond donors (Lipinski definition) is 4. The summed E-state index contributed by atoms with van der Waals surface area (Å²) in [5.41, 5.74) is 5.34. The molecule has 268 valence electrons. The molecule has 0 bridgehead atoms. The van der Waals surface area contributed by atoms with Gasteiger partial charge in [0.2, 0.25) is 5.91 Å². The molecule has 0 aliphatic heterocycles. The fraction of sp³-hybridized carbons (Fsp3) is 0.757. The molecule has 0 heterocycles. The van der Waals surface area contributed by atoms with E-state index in [-0.39, 0.29) is 25.7 Å². The zero-order chi connectivity index (χ0) is 34.0. The van der Waals surface area contributed by atoms with E-state index in [1.807, 2.05) is 19.1 Å². The van der Waals surface area contributed by atoms with Crippen molar-refractivity contribution in [3.05, 3.63) is 48.6 Å². The van der Waals surface area contributed by atoms with Crippen molar-refractivity contribution in [2.75, 3.05) is 19.8 Å². The lowest BCUT2D eigenvalue weighted by molar-refractivity contribution is -0.123. The molecule has 8 nitrogen and oxygen atoms in total. The molecule has 0 saturated heterocycles. The van der Waals surface area contributed by atoms with Gasteiger partial charge in [-0.3, -0.25) is 13.8 Å². The second kappa shape index (κ2) is 33.4. The number of amides is 1. The number of aliphatic hydroxyl groups is 1. The molecular formula is C37H69N2O6P. The topological polar surface area (TPSA) is 131 Å². The van der Waals surface area contributed by atoms with E-state index in [4.69, 9.17) is 14.8 Å². The van der Waals surface area contributed by atoms with Gasteiger partial charge in [-0.1, -0.05) is 126 Å². The van der Waals surface area contributed by atoms with Crippen LogP contribution >= 0.6 is 7.82 Å². The SMILES string of the molecule is C/C=C/CC/C=C/CC/C=C/C(O)C(COP(=O)(O)OCCN)NC(=O)CCCCCCCCC/C=C\CCCCCCCCC. The number of nitrogens with one attached hydrogen (secondary N) is 1. The number of carbonyl (C=O) groups is 1. The highest BCUT2D eigenvalue weighted by Gasteiger charge is 2.26. The Labute approximate surface area is 282 Å². The van der Waals surface area contributed by atoms with E-state index < -0.39 is 20.0 Å².